The molecule has 5 fully saturated rings. The maximum atomic E-state index is 11.1. The van der Waals surface area contributed by atoms with E-state index in [4.69, 9.17) is 9.47 Å². The molecule has 33 heavy (non-hydrogen) atoms. The summed E-state index contributed by atoms with van der Waals surface area (Å²) in [5.41, 5.74) is -0.247. The number of aliphatic hydroxyl groups is 5. The second kappa shape index (κ2) is 7.86. The van der Waals surface area contributed by atoms with Gasteiger partial charge in [0, 0.05) is 0 Å². The molecule has 0 radical (unpaired) electrons. The smallest absolute Gasteiger partial charge is 0.186 e. The topological polar surface area (TPSA) is 120 Å². The van der Waals surface area contributed by atoms with Gasteiger partial charge in [-0.05, 0) is 92.3 Å². The Morgan fingerprint density at radius 1 is 0.879 bits per heavy atom. The van der Waals surface area contributed by atoms with Crippen LogP contribution in [0, 0.1) is 34.0 Å². The molecule has 5 aliphatic rings. The van der Waals surface area contributed by atoms with Crippen LogP contribution in [0.4, 0.5) is 0 Å². The maximum absolute atomic E-state index is 11.1. The maximum Gasteiger partial charge on any atom is 0.186 e. The fraction of sp³-hybridized carbons (Fsp3) is 1.00. The first-order valence-electron chi connectivity index (χ1n) is 13.0. The molecule has 4 aliphatic carbocycles. The zero-order valence-electron chi connectivity index (χ0n) is 20.6. The molecule has 0 aromatic heterocycles. The van der Waals surface area contributed by atoms with Gasteiger partial charge in [0.15, 0.2) is 6.29 Å². The molecule has 1 aliphatic heterocycles. The van der Waals surface area contributed by atoms with Crippen LogP contribution in [-0.2, 0) is 9.47 Å². The summed E-state index contributed by atoms with van der Waals surface area (Å²) in [5, 5.41) is 51.6. The Morgan fingerprint density at radius 2 is 1.61 bits per heavy atom. The summed E-state index contributed by atoms with van der Waals surface area (Å²) in [6.07, 6.45) is 1.97. The van der Waals surface area contributed by atoms with Crippen molar-refractivity contribution in [3.8, 4) is 0 Å². The molecule has 7 nitrogen and oxygen atoms in total. The molecule has 0 amide bonds. The first kappa shape index (κ1) is 24.4. The van der Waals surface area contributed by atoms with Crippen molar-refractivity contribution in [3.05, 3.63) is 0 Å². The molecule has 0 unspecified atom stereocenters. The van der Waals surface area contributed by atoms with E-state index in [0.717, 1.165) is 38.5 Å². The summed E-state index contributed by atoms with van der Waals surface area (Å²) in [4.78, 5) is 0. The fourth-order valence-corrected chi connectivity index (χ4v) is 9.72. The second-order valence-electron chi connectivity index (χ2n) is 13.4. The molecule has 1 heterocycles. The van der Waals surface area contributed by atoms with E-state index < -0.39 is 42.9 Å². The Hall–Kier alpha value is -0.280. The number of rotatable bonds is 3. The van der Waals surface area contributed by atoms with Crippen LogP contribution < -0.4 is 0 Å². The van der Waals surface area contributed by atoms with Gasteiger partial charge >= 0.3 is 0 Å². The SMILES string of the molecule is CC1(C)C[C@H](O[C@@H]2O[C@H](CO)[C@@H](O)[C@@H](O)[C@H]2O)C[C@]2(C)[C@@H]1CC[C@@]13C[C@@H](CC[C@H]12)[C@](C)(O)C3. The first-order valence-corrected chi connectivity index (χ1v) is 13.0. The minimum absolute atomic E-state index is 0.0470. The summed E-state index contributed by atoms with van der Waals surface area (Å²) >= 11 is 0. The minimum Gasteiger partial charge on any atom is -0.394 e. The molecule has 5 N–H and O–H groups in total. The van der Waals surface area contributed by atoms with Gasteiger partial charge in [-0.1, -0.05) is 20.8 Å². The van der Waals surface area contributed by atoms with E-state index in [0.29, 0.717) is 17.8 Å². The Labute approximate surface area is 197 Å². The lowest BCUT2D eigenvalue weighted by Gasteiger charge is -2.65. The molecule has 7 heteroatoms. The van der Waals surface area contributed by atoms with E-state index in [9.17, 15) is 25.5 Å². The van der Waals surface area contributed by atoms with Gasteiger partial charge in [0.05, 0.1) is 18.3 Å². The van der Waals surface area contributed by atoms with Crippen LogP contribution in [0.15, 0.2) is 0 Å². The Bertz CT molecular complexity index is 753. The van der Waals surface area contributed by atoms with Gasteiger partial charge < -0.3 is 35.0 Å². The summed E-state index contributed by atoms with van der Waals surface area (Å²) in [7, 11) is 0. The van der Waals surface area contributed by atoms with Crippen molar-refractivity contribution < 1.29 is 35.0 Å². The van der Waals surface area contributed by atoms with E-state index >= 15 is 0 Å². The average molecular weight is 469 g/mol. The van der Waals surface area contributed by atoms with Crippen molar-refractivity contribution in [1.29, 1.82) is 0 Å². The van der Waals surface area contributed by atoms with Crippen LogP contribution in [0.1, 0.15) is 79.1 Å². The Balaban J connectivity index is 1.40. The number of aliphatic hydroxyl groups excluding tert-OH is 4. The number of fused-ring (bicyclic) bond motifs is 3. The predicted molar refractivity (Wildman–Crippen MR) is 121 cm³/mol. The third kappa shape index (κ3) is 3.64. The largest absolute Gasteiger partial charge is 0.394 e. The van der Waals surface area contributed by atoms with Crippen LogP contribution in [0.2, 0.25) is 0 Å². The van der Waals surface area contributed by atoms with Crippen molar-refractivity contribution >= 4 is 0 Å². The number of hydrogen-bond acceptors (Lipinski definition) is 7. The van der Waals surface area contributed by atoms with Crippen molar-refractivity contribution in [2.75, 3.05) is 6.61 Å². The molecule has 5 rings (SSSR count). The molecule has 0 aromatic carbocycles. The lowest BCUT2D eigenvalue weighted by Crippen LogP contribution is -2.62. The zero-order chi connectivity index (χ0) is 24.0. The highest BCUT2D eigenvalue weighted by atomic mass is 16.7. The minimum atomic E-state index is -1.42. The van der Waals surface area contributed by atoms with Crippen molar-refractivity contribution in [3.63, 3.8) is 0 Å². The third-order valence-corrected chi connectivity index (χ3v) is 10.8. The van der Waals surface area contributed by atoms with E-state index in [1.165, 1.54) is 12.8 Å². The van der Waals surface area contributed by atoms with E-state index in [1.807, 2.05) is 6.92 Å². The van der Waals surface area contributed by atoms with Gasteiger partial charge in [-0.15, -0.1) is 0 Å². The van der Waals surface area contributed by atoms with Gasteiger partial charge in [0.1, 0.15) is 24.4 Å². The lowest BCUT2D eigenvalue weighted by molar-refractivity contribution is -0.322. The summed E-state index contributed by atoms with van der Waals surface area (Å²) in [6, 6.07) is 0. The van der Waals surface area contributed by atoms with E-state index in [1.54, 1.807) is 0 Å². The number of hydrogen-bond donors (Lipinski definition) is 5. The Kier molecular flexibility index (Phi) is 5.81. The van der Waals surface area contributed by atoms with Gasteiger partial charge in [0.25, 0.3) is 0 Å². The highest BCUT2D eigenvalue weighted by Crippen LogP contribution is 2.73. The monoisotopic (exact) mass is 468 g/mol. The highest BCUT2D eigenvalue weighted by molar-refractivity contribution is 5.16. The molecule has 190 valence electrons. The molecule has 2 bridgehead atoms. The molecular formula is C26H44O7. The van der Waals surface area contributed by atoms with E-state index in [-0.39, 0.29) is 22.3 Å². The van der Waals surface area contributed by atoms with Gasteiger partial charge in [0.2, 0.25) is 0 Å². The van der Waals surface area contributed by atoms with Crippen LogP contribution in [-0.4, -0.2) is 74.6 Å². The summed E-state index contributed by atoms with van der Waals surface area (Å²) < 4.78 is 12.0. The summed E-state index contributed by atoms with van der Waals surface area (Å²) in [6.45, 7) is 8.67. The quantitative estimate of drug-likeness (QED) is 0.402. The van der Waals surface area contributed by atoms with Crippen LogP contribution in [0.3, 0.4) is 0 Å². The number of ether oxygens (including phenoxy) is 2. The zero-order valence-corrected chi connectivity index (χ0v) is 20.6. The highest BCUT2D eigenvalue weighted by Gasteiger charge is 2.67. The van der Waals surface area contributed by atoms with Gasteiger partial charge in [-0.25, -0.2) is 0 Å². The molecule has 1 saturated heterocycles. The molecular weight excluding hydrogens is 424 g/mol. The van der Waals surface area contributed by atoms with Crippen molar-refractivity contribution in [2.45, 2.75) is 121 Å². The van der Waals surface area contributed by atoms with Gasteiger partial charge in [-0.2, -0.15) is 0 Å². The fourth-order valence-electron chi connectivity index (χ4n) is 9.72. The molecule has 12 atom stereocenters. The molecule has 1 spiro atoms. The average Bonchev–Trinajstić information content (AvgIpc) is 2.90. The third-order valence-electron chi connectivity index (χ3n) is 10.8. The van der Waals surface area contributed by atoms with Crippen molar-refractivity contribution in [1.82, 2.24) is 0 Å². The lowest BCUT2D eigenvalue weighted by atomic mass is 9.41. The van der Waals surface area contributed by atoms with E-state index in [2.05, 4.69) is 20.8 Å². The predicted octanol–water partition coefficient (Wildman–Crippen LogP) is 1.97. The Morgan fingerprint density at radius 3 is 2.30 bits per heavy atom. The summed E-state index contributed by atoms with van der Waals surface area (Å²) in [5.74, 6) is 1.51. The normalized spacial score (nSPS) is 57.9. The van der Waals surface area contributed by atoms with Crippen LogP contribution in [0.25, 0.3) is 0 Å². The molecule has 4 saturated carbocycles. The van der Waals surface area contributed by atoms with Crippen LogP contribution >= 0.6 is 0 Å². The van der Waals surface area contributed by atoms with Crippen LogP contribution in [0.5, 0.6) is 0 Å². The standard InChI is InChI=1S/C26H44O7/c1-23(2)10-15(32-22-21(30)20(29)19(28)16(12-27)33-22)11-24(3)17(23)7-8-26-9-14(5-6-18(24)26)25(4,31)13-26/h14-22,27-31H,5-13H2,1-4H3/t14-,15+,16-,17-,18+,19-,20-,21-,22-,24-,25-,26+/m1/s1. The molecule has 0 aromatic rings. The first-order chi connectivity index (χ1) is 15.3. The van der Waals surface area contributed by atoms with Gasteiger partial charge in [-0.3, -0.25) is 0 Å². The van der Waals surface area contributed by atoms with Crippen molar-refractivity contribution in [2.24, 2.45) is 34.0 Å². The second-order valence-corrected chi connectivity index (χ2v) is 13.4.